The number of hydrogen-bond acceptors (Lipinski definition) is 3. The monoisotopic (exact) mass is 239 g/mol. The van der Waals surface area contributed by atoms with Gasteiger partial charge in [0.2, 0.25) is 5.91 Å². The summed E-state index contributed by atoms with van der Waals surface area (Å²) in [7, 11) is 0. The summed E-state index contributed by atoms with van der Waals surface area (Å²) in [5.41, 5.74) is 5.44. The van der Waals surface area contributed by atoms with E-state index >= 15 is 0 Å². The SMILES string of the molecule is CCC1CCCN1CCC(NC1CC1)C(N)=O. The van der Waals surface area contributed by atoms with Gasteiger partial charge in [-0.2, -0.15) is 0 Å². The summed E-state index contributed by atoms with van der Waals surface area (Å²) in [6.45, 7) is 4.44. The van der Waals surface area contributed by atoms with Crippen LogP contribution in [0.2, 0.25) is 0 Å². The van der Waals surface area contributed by atoms with Crippen LogP contribution in [0.3, 0.4) is 0 Å². The highest BCUT2D eigenvalue weighted by Gasteiger charge is 2.29. The number of primary amides is 1. The molecule has 2 rings (SSSR count). The Morgan fingerprint density at radius 2 is 2.24 bits per heavy atom. The van der Waals surface area contributed by atoms with Crippen molar-refractivity contribution in [1.82, 2.24) is 10.2 Å². The molecule has 0 spiro atoms. The number of likely N-dealkylation sites (tertiary alicyclic amines) is 1. The molecule has 0 aromatic rings. The summed E-state index contributed by atoms with van der Waals surface area (Å²) in [5, 5.41) is 3.35. The lowest BCUT2D eigenvalue weighted by Gasteiger charge is -2.25. The number of nitrogens with one attached hydrogen (secondary N) is 1. The largest absolute Gasteiger partial charge is 0.368 e. The van der Waals surface area contributed by atoms with Crippen LogP contribution in [0.25, 0.3) is 0 Å². The fraction of sp³-hybridized carbons (Fsp3) is 0.923. The van der Waals surface area contributed by atoms with Crippen molar-refractivity contribution in [1.29, 1.82) is 0 Å². The number of nitrogens with two attached hydrogens (primary N) is 1. The molecule has 4 heteroatoms. The van der Waals surface area contributed by atoms with Crippen molar-refractivity contribution in [3.05, 3.63) is 0 Å². The highest BCUT2D eigenvalue weighted by Crippen LogP contribution is 2.22. The van der Waals surface area contributed by atoms with E-state index in [1.54, 1.807) is 0 Å². The summed E-state index contributed by atoms with van der Waals surface area (Å²) >= 11 is 0. The molecule has 0 aromatic heterocycles. The standard InChI is InChI=1S/C13H25N3O/c1-2-11-4-3-8-16(11)9-7-12(13(14)17)15-10-5-6-10/h10-12,15H,2-9H2,1H3,(H2,14,17). The van der Waals surface area contributed by atoms with Crippen LogP contribution in [0.4, 0.5) is 0 Å². The van der Waals surface area contributed by atoms with E-state index in [-0.39, 0.29) is 11.9 Å². The van der Waals surface area contributed by atoms with Gasteiger partial charge in [0.05, 0.1) is 6.04 Å². The molecule has 0 aromatic carbocycles. The van der Waals surface area contributed by atoms with Gasteiger partial charge in [-0.05, 0) is 45.1 Å². The maximum Gasteiger partial charge on any atom is 0.234 e. The Labute approximate surface area is 104 Å². The van der Waals surface area contributed by atoms with Crippen LogP contribution in [-0.4, -0.2) is 42.0 Å². The molecular weight excluding hydrogens is 214 g/mol. The first kappa shape index (κ1) is 12.8. The van der Waals surface area contributed by atoms with Gasteiger partial charge in [-0.25, -0.2) is 0 Å². The van der Waals surface area contributed by atoms with E-state index in [1.165, 1.54) is 38.6 Å². The van der Waals surface area contributed by atoms with Crippen molar-refractivity contribution in [2.45, 2.75) is 63.6 Å². The van der Waals surface area contributed by atoms with Crippen molar-refractivity contribution in [3.8, 4) is 0 Å². The predicted octanol–water partition coefficient (Wildman–Crippen LogP) is 0.857. The predicted molar refractivity (Wildman–Crippen MR) is 68.6 cm³/mol. The minimum absolute atomic E-state index is 0.124. The van der Waals surface area contributed by atoms with Crippen LogP contribution in [-0.2, 0) is 4.79 Å². The first-order chi connectivity index (χ1) is 8.20. The summed E-state index contributed by atoms with van der Waals surface area (Å²) in [6.07, 6.45) is 7.10. The highest BCUT2D eigenvalue weighted by molar-refractivity contribution is 5.79. The number of hydrogen-bond donors (Lipinski definition) is 2. The maximum absolute atomic E-state index is 11.4. The van der Waals surface area contributed by atoms with Crippen LogP contribution < -0.4 is 11.1 Å². The summed E-state index contributed by atoms with van der Waals surface area (Å²) in [6, 6.07) is 1.15. The topological polar surface area (TPSA) is 58.4 Å². The molecule has 2 atom stereocenters. The molecule has 2 fully saturated rings. The number of carbonyl (C=O) groups excluding carboxylic acids is 1. The average Bonchev–Trinajstić information content (AvgIpc) is 3.00. The van der Waals surface area contributed by atoms with Crippen LogP contribution in [0, 0.1) is 0 Å². The van der Waals surface area contributed by atoms with Crippen LogP contribution in [0.15, 0.2) is 0 Å². The number of nitrogens with zero attached hydrogens (tertiary/aromatic N) is 1. The molecule has 1 amide bonds. The Bertz CT molecular complexity index is 265. The molecule has 0 radical (unpaired) electrons. The quantitative estimate of drug-likeness (QED) is 0.692. The molecule has 3 N–H and O–H groups in total. The Balaban J connectivity index is 1.75. The first-order valence-corrected chi connectivity index (χ1v) is 7.00. The molecule has 17 heavy (non-hydrogen) atoms. The Morgan fingerprint density at radius 3 is 2.82 bits per heavy atom. The van der Waals surface area contributed by atoms with E-state index in [0.717, 1.165) is 19.0 Å². The fourth-order valence-corrected chi connectivity index (χ4v) is 2.79. The van der Waals surface area contributed by atoms with Gasteiger partial charge in [0, 0.05) is 18.6 Å². The Morgan fingerprint density at radius 1 is 1.47 bits per heavy atom. The molecule has 4 nitrogen and oxygen atoms in total. The summed E-state index contributed by atoms with van der Waals surface area (Å²) < 4.78 is 0. The van der Waals surface area contributed by atoms with Gasteiger partial charge >= 0.3 is 0 Å². The van der Waals surface area contributed by atoms with E-state index in [2.05, 4.69) is 17.1 Å². The number of rotatable bonds is 7. The van der Waals surface area contributed by atoms with E-state index in [0.29, 0.717) is 6.04 Å². The van der Waals surface area contributed by atoms with Crippen molar-refractivity contribution in [2.24, 2.45) is 5.73 Å². The summed E-state index contributed by atoms with van der Waals surface area (Å²) in [4.78, 5) is 13.9. The van der Waals surface area contributed by atoms with Gasteiger partial charge in [-0.3, -0.25) is 4.79 Å². The highest BCUT2D eigenvalue weighted by atomic mass is 16.1. The number of carbonyl (C=O) groups is 1. The fourth-order valence-electron chi connectivity index (χ4n) is 2.79. The van der Waals surface area contributed by atoms with E-state index in [9.17, 15) is 4.79 Å². The maximum atomic E-state index is 11.4. The average molecular weight is 239 g/mol. The van der Waals surface area contributed by atoms with Crippen molar-refractivity contribution in [2.75, 3.05) is 13.1 Å². The minimum atomic E-state index is -0.191. The minimum Gasteiger partial charge on any atom is -0.368 e. The molecule has 1 saturated carbocycles. The zero-order valence-corrected chi connectivity index (χ0v) is 10.8. The molecule has 98 valence electrons. The van der Waals surface area contributed by atoms with E-state index in [4.69, 9.17) is 5.73 Å². The lowest BCUT2D eigenvalue weighted by Crippen LogP contribution is -2.45. The summed E-state index contributed by atoms with van der Waals surface area (Å²) in [5.74, 6) is -0.191. The molecule has 2 unspecified atom stereocenters. The molecule has 1 aliphatic carbocycles. The van der Waals surface area contributed by atoms with Gasteiger partial charge in [-0.15, -0.1) is 0 Å². The third kappa shape index (κ3) is 3.68. The van der Waals surface area contributed by atoms with Gasteiger partial charge in [0.25, 0.3) is 0 Å². The third-order valence-electron chi connectivity index (χ3n) is 4.03. The number of amides is 1. The third-order valence-corrected chi connectivity index (χ3v) is 4.03. The van der Waals surface area contributed by atoms with E-state index < -0.39 is 0 Å². The van der Waals surface area contributed by atoms with Gasteiger partial charge in [0.15, 0.2) is 0 Å². The normalized spacial score (nSPS) is 27.2. The second kappa shape index (κ2) is 5.83. The van der Waals surface area contributed by atoms with E-state index in [1.807, 2.05) is 0 Å². The molecule has 1 aliphatic heterocycles. The second-order valence-corrected chi connectivity index (χ2v) is 5.42. The molecule has 0 bridgehead atoms. The Kier molecular flexibility index (Phi) is 4.40. The molecule has 1 saturated heterocycles. The second-order valence-electron chi connectivity index (χ2n) is 5.42. The lowest BCUT2D eigenvalue weighted by atomic mass is 10.1. The molecular formula is C13H25N3O. The first-order valence-electron chi connectivity index (χ1n) is 7.00. The zero-order valence-electron chi connectivity index (χ0n) is 10.8. The molecule has 2 aliphatic rings. The van der Waals surface area contributed by atoms with Crippen LogP contribution in [0.5, 0.6) is 0 Å². The van der Waals surface area contributed by atoms with Crippen molar-refractivity contribution >= 4 is 5.91 Å². The van der Waals surface area contributed by atoms with Crippen molar-refractivity contribution < 1.29 is 4.79 Å². The van der Waals surface area contributed by atoms with Crippen LogP contribution in [0.1, 0.15) is 45.4 Å². The Hall–Kier alpha value is -0.610. The van der Waals surface area contributed by atoms with Crippen LogP contribution >= 0.6 is 0 Å². The zero-order chi connectivity index (χ0) is 12.3. The smallest absolute Gasteiger partial charge is 0.234 e. The lowest BCUT2D eigenvalue weighted by molar-refractivity contribution is -0.120. The van der Waals surface area contributed by atoms with Gasteiger partial charge in [0.1, 0.15) is 0 Å². The van der Waals surface area contributed by atoms with Gasteiger partial charge in [-0.1, -0.05) is 6.92 Å². The molecule has 1 heterocycles. The van der Waals surface area contributed by atoms with Gasteiger partial charge < -0.3 is 16.0 Å². The van der Waals surface area contributed by atoms with Crippen molar-refractivity contribution in [3.63, 3.8) is 0 Å².